The van der Waals surface area contributed by atoms with E-state index in [2.05, 4.69) is 11.1 Å². The number of benzene rings is 2. The normalized spacial score (nSPS) is 10.5. The van der Waals surface area contributed by atoms with Crippen LogP contribution < -0.4 is 0 Å². The van der Waals surface area contributed by atoms with Gasteiger partial charge >= 0.3 is 0 Å². The molecule has 18 heavy (non-hydrogen) atoms. The van der Waals surface area contributed by atoms with Gasteiger partial charge in [0, 0.05) is 16.8 Å². The van der Waals surface area contributed by atoms with Crippen molar-refractivity contribution >= 4 is 35.1 Å². The first-order valence-corrected chi connectivity index (χ1v) is 5.94. The third-order valence-corrected chi connectivity index (χ3v) is 2.87. The lowest BCUT2D eigenvalue weighted by Gasteiger charge is -1.98. The van der Waals surface area contributed by atoms with E-state index >= 15 is 0 Å². The van der Waals surface area contributed by atoms with Crippen LogP contribution in [0, 0.1) is 11.3 Å². The number of aliphatic imine (C=N–C) groups is 1. The lowest BCUT2D eigenvalue weighted by atomic mass is 10.2. The Kier molecular flexibility index (Phi) is 3.99. The largest absolute Gasteiger partial charge is 0.256 e. The highest BCUT2D eigenvalue weighted by Gasteiger charge is 1.98. The van der Waals surface area contributed by atoms with Crippen molar-refractivity contribution in [3.8, 4) is 6.07 Å². The molecule has 2 nitrogen and oxygen atoms in total. The molecule has 0 amide bonds. The summed E-state index contributed by atoms with van der Waals surface area (Å²) in [6, 6.07) is 14.3. The molecule has 0 aromatic heterocycles. The predicted molar refractivity (Wildman–Crippen MR) is 74.9 cm³/mol. The SMILES string of the molecule is N#Cc1ccc(N=Cc2ccc(Cl)cc2Cl)cc1. The maximum atomic E-state index is 8.68. The van der Waals surface area contributed by atoms with Crippen molar-refractivity contribution in [3.63, 3.8) is 0 Å². The molecule has 0 fully saturated rings. The van der Waals surface area contributed by atoms with Gasteiger partial charge in [0.05, 0.1) is 22.3 Å². The summed E-state index contributed by atoms with van der Waals surface area (Å²) in [5.41, 5.74) is 2.17. The van der Waals surface area contributed by atoms with Crippen LogP contribution in [-0.4, -0.2) is 6.21 Å². The molecule has 4 heteroatoms. The van der Waals surface area contributed by atoms with Crippen molar-refractivity contribution < 1.29 is 0 Å². The van der Waals surface area contributed by atoms with E-state index in [1.807, 2.05) is 0 Å². The van der Waals surface area contributed by atoms with Crippen molar-refractivity contribution in [1.82, 2.24) is 0 Å². The third kappa shape index (κ3) is 3.10. The highest BCUT2D eigenvalue weighted by Crippen LogP contribution is 2.20. The number of hydrogen-bond donors (Lipinski definition) is 0. The predicted octanol–water partition coefficient (Wildman–Crippen LogP) is 4.62. The van der Waals surface area contributed by atoms with Gasteiger partial charge in [0.1, 0.15) is 0 Å². The lowest BCUT2D eigenvalue weighted by Crippen LogP contribution is -1.82. The minimum Gasteiger partial charge on any atom is -0.256 e. The molecule has 2 aromatic rings. The van der Waals surface area contributed by atoms with Gasteiger partial charge in [-0.15, -0.1) is 0 Å². The van der Waals surface area contributed by atoms with Crippen LogP contribution in [0.25, 0.3) is 0 Å². The molecule has 0 bridgehead atoms. The van der Waals surface area contributed by atoms with Crippen LogP contribution in [0.3, 0.4) is 0 Å². The average molecular weight is 275 g/mol. The minimum atomic E-state index is 0.555. The van der Waals surface area contributed by atoms with Gasteiger partial charge in [-0.1, -0.05) is 29.3 Å². The van der Waals surface area contributed by atoms with E-state index < -0.39 is 0 Å². The number of nitrogens with zero attached hydrogens (tertiary/aromatic N) is 2. The molecule has 0 heterocycles. The van der Waals surface area contributed by atoms with E-state index in [1.165, 1.54) is 0 Å². The van der Waals surface area contributed by atoms with Crippen molar-refractivity contribution in [3.05, 3.63) is 63.6 Å². The Morgan fingerprint density at radius 3 is 2.39 bits per heavy atom. The van der Waals surface area contributed by atoms with Crippen LogP contribution in [0.15, 0.2) is 47.5 Å². The average Bonchev–Trinajstić information content (AvgIpc) is 2.38. The summed E-state index contributed by atoms with van der Waals surface area (Å²) in [6.07, 6.45) is 1.67. The summed E-state index contributed by atoms with van der Waals surface area (Å²) >= 11 is 11.8. The van der Waals surface area contributed by atoms with Crippen LogP contribution in [0.4, 0.5) is 5.69 Å². The molecule has 0 saturated heterocycles. The second-order valence-electron chi connectivity index (χ2n) is 3.58. The standard InChI is InChI=1S/C14H8Cl2N2/c15-12-4-3-11(14(16)7-12)9-18-13-5-1-10(8-17)2-6-13/h1-7,9H. The lowest BCUT2D eigenvalue weighted by molar-refractivity contribution is 1.46. The Morgan fingerprint density at radius 2 is 1.78 bits per heavy atom. The Morgan fingerprint density at radius 1 is 1.06 bits per heavy atom. The van der Waals surface area contributed by atoms with E-state index in [1.54, 1.807) is 48.7 Å². The van der Waals surface area contributed by atoms with Gasteiger partial charge in [0.15, 0.2) is 0 Å². The molecule has 2 rings (SSSR count). The summed E-state index contributed by atoms with van der Waals surface area (Å²) in [5, 5.41) is 9.83. The van der Waals surface area contributed by atoms with Gasteiger partial charge < -0.3 is 0 Å². The fraction of sp³-hybridized carbons (Fsp3) is 0. The second kappa shape index (κ2) is 5.68. The molecular weight excluding hydrogens is 267 g/mol. The molecule has 2 aromatic carbocycles. The van der Waals surface area contributed by atoms with Crippen molar-refractivity contribution in [2.75, 3.05) is 0 Å². The molecule has 0 N–H and O–H groups in total. The summed E-state index contributed by atoms with van der Waals surface area (Å²) in [4.78, 5) is 4.28. The monoisotopic (exact) mass is 274 g/mol. The van der Waals surface area contributed by atoms with E-state index in [-0.39, 0.29) is 0 Å². The van der Waals surface area contributed by atoms with Gasteiger partial charge in [0.2, 0.25) is 0 Å². The zero-order valence-corrected chi connectivity index (χ0v) is 10.8. The summed E-state index contributed by atoms with van der Waals surface area (Å²) < 4.78 is 0. The zero-order valence-electron chi connectivity index (χ0n) is 9.27. The molecule has 0 aliphatic rings. The van der Waals surface area contributed by atoms with Crippen LogP contribution in [-0.2, 0) is 0 Å². The highest BCUT2D eigenvalue weighted by atomic mass is 35.5. The van der Waals surface area contributed by atoms with Crippen molar-refractivity contribution in [2.24, 2.45) is 4.99 Å². The topological polar surface area (TPSA) is 36.1 Å². The Labute approximate surface area is 115 Å². The number of nitriles is 1. The van der Waals surface area contributed by atoms with E-state index in [9.17, 15) is 0 Å². The number of halogens is 2. The van der Waals surface area contributed by atoms with Gasteiger partial charge in [-0.05, 0) is 36.4 Å². The molecule has 0 unspecified atom stereocenters. The maximum absolute atomic E-state index is 8.68. The Balaban J connectivity index is 2.22. The second-order valence-corrected chi connectivity index (χ2v) is 4.43. The first kappa shape index (κ1) is 12.6. The van der Waals surface area contributed by atoms with E-state index in [0.717, 1.165) is 11.3 Å². The molecule has 0 saturated carbocycles. The van der Waals surface area contributed by atoms with Crippen LogP contribution in [0.5, 0.6) is 0 Å². The molecule has 88 valence electrons. The van der Waals surface area contributed by atoms with Gasteiger partial charge in [0.25, 0.3) is 0 Å². The summed E-state index contributed by atoms with van der Waals surface area (Å²) in [6.45, 7) is 0. The molecule has 0 radical (unpaired) electrons. The van der Waals surface area contributed by atoms with Gasteiger partial charge in [-0.2, -0.15) is 5.26 Å². The fourth-order valence-electron chi connectivity index (χ4n) is 1.37. The van der Waals surface area contributed by atoms with Crippen molar-refractivity contribution in [2.45, 2.75) is 0 Å². The van der Waals surface area contributed by atoms with Crippen LogP contribution in [0.1, 0.15) is 11.1 Å². The molecular formula is C14H8Cl2N2. The maximum Gasteiger partial charge on any atom is 0.0991 e. The van der Waals surface area contributed by atoms with Gasteiger partial charge in [-0.25, -0.2) is 0 Å². The van der Waals surface area contributed by atoms with Crippen LogP contribution >= 0.6 is 23.2 Å². The van der Waals surface area contributed by atoms with Gasteiger partial charge in [-0.3, -0.25) is 4.99 Å². The fourth-order valence-corrected chi connectivity index (χ4v) is 1.83. The van der Waals surface area contributed by atoms with E-state index in [4.69, 9.17) is 28.5 Å². The third-order valence-electron chi connectivity index (χ3n) is 2.31. The summed E-state index contributed by atoms with van der Waals surface area (Å²) in [5.74, 6) is 0. The number of rotatable bonds is 2. The smallest absolute Gasteiger partial charge is 0.0991 e. The zero-order chi connectivity index (χ0) is 13.0. The Bertz CT molecular complexity index is 625. The quantitative estimate of drug-likeness (QED) is 0.737. The Hall–Kier alpha value is -1.82. The van der Waals surface area contributed by atoms with E-state index in [0.29, 0.717) is 15.6 Å². The molecule has 0 spiro atoms. The molecule has 0 aliphatic carbocycles. The summed E-state index contributed by atoms with van der Waals surface area (Å²) in [7, 11) is 0. The molecule has 0 aliphatic heterocycles. The number of hydrogen-bond acceptors (Lipinski definition) is 2. The highest BCUT2D eigenvalue weighted by molar-refractivity contribution is 6.36. The molecule has 0 atom stereocenters. The first-order chi connectivity index (χ1) is 8.69. The van der Waals surface area contributed by atoms with Crippen LogP contribution in [0.2, 0.25) is 10.0 Å². The first-order valence-electron chi connectivity index (χ1n) is 5.18. The minimum absolute atomic E-state index is 0.555. The van der Waals surface area contributed by atoms with Crippen molar-refractivity contribution in [1.29, 1.82) is 5.26 Å².